The average Bonchev–Trinajstić information content (AvgIpc) is 3.06. The van der Waals surface area contributed by atoms with Crippen LogP contribution in [-0.4, -0.2) is 20.6 Å². The van der Waals surface area contributed by atoms with Crippen LogP contribution in [0.4, 0.5) is 0 Å². The zero-order valence-electron chi connectivity index (χ0n) is 21.6. The Labute approximate surface area is 235 Å². The molecule has 10 radical (unpaired) electrons. The average molecular weight is 661 g/mol. The second-order valence-corrected chi connectivity index (χ2v) is 19.4. The molecule has 0 bridgehead atoms. The molecule has 0 saturated heterocycles. The van der Waals surface area contributed by atoms with Crippen LogP contribution in [0, 0.1) is 62.7 Å². The van der Waals surface area contributed by atoms with E-state index in [-0.39, 0.29) is 70.3 Å². The van der Waals surface area contributed by atoms with E-state index in [1.165, 1.54) is 0 Å². The number of hydrogen-bond donors (Lipinski definition) is 0. The van der Waals surface area contributed by atoms with Crippen LogP contribution < -0.4 is 17.0 Å². The van der Waals surface area contributed by atoms with Gasteiger partial charge in [0, 0.05) is 11.3 Å². The topological polar surface area (TPSA) is 0 Å². The van der Waals surface area contributed by atoms with Crippen molar-refractivity contribution in [3.63, 3.8) is 0 Å². The minimum atomic E-state index is -0.101. The van der Waals surface area contributed by atoms with Crippen LogP contribution >= 0.6 is 15.8 Å². The second-order valence-electron chi connectivity index (χ2n) is 11.6. The van der Waals surface area contributed by atoms with Gasteiger partial charge in [-0.1, -0.05) is 98.9 Å². The van der Waals surface area contributed by atoms with Crippen molar-refractivity contribution >= 4 is 15.8 Å². The fourth-order valence-corrected chi connectivity index (χ4v) is 12.7. The van der Waals surface area contributed by atoms with Gasteiger partial charge in [-0.2, -0.15) is 0 Å². The molecule has 0 aromatic carbocycles. The van der Waals surface area contributed by atoms with Gasteiger partial charge in [0.15, 0.2) is 0 Å². The number of rotatable bonds is 2. The molecule has 0 aromatic rings. The van der Waals surface area contributed by atoms with Gasteiger partial charge in [-0.05, 0) is 72.0 Å². The molecule has 2 fully saturated rings. The maximum absolute atomic E-state index is 2.36. The smallest absolute Gasteiger partial charge is 1.00 e. The largest absolute Gasteiger partial charge is 2.00 e. The van der Waals surface area contributed by atoms with Crippen molar-refractivity contribution in [1.82, 2.24) is 0 Å². The third-order valence-electron chi connectivity index (χ3n) is 4.49. The molecule has 0 aromatic heterocycles. The first-order chi connectivity index (χ1) is 12.5. The molecule has 0 aliphatic heterocycles. The molecule has 0 heterocycles. The Hall–Kier alpha value is 2.52. The maximum atomic E-state index is 2.36. The second kappa shape index (κ2) is 14.9. The summed E-state index contributed by atoms with van der Waals surface area (Å²) in [6.07, 6.45) is 17.7. The molecule has 0 amide bonds. The Morgan fingerprint density at radius 1 is 0.452 bits per heavy atom. The molecule has 2 aliphatic rings. The minimum absolute atomic E-state index is 0. The van der Waals surface area contributed by atoms with Crippen molar-refractivity contribution in [2.75, 3.05) is 0 Å². The summed E-state index contributed by atoms with van der Waals surface area (Å²) in [7, 11) is -0.202. The predicted molar refractivity (Wildman–Crippen MR) is 134 cm³/mol. The summed E-state index contributed by atoms with van der Waals surface area (Å²) >= 11 is 0. The van der Waals surface area contributed by atoms with Gasteiger partial charge < -0.3 is 17.0 Å². The summed E-state index contributed by atoms with van der Waals surface area (Å²) in [6, 6.07) is 0. The van der Waals surface area contributed by atoms with E-state index in [1.807, 2.05) is 0 Å². The molecule has 2 rings (SSSR count). The van der Waals surface area contributed by atoms with Crippen LogP contribution in [0.2, 0.25) is 0 Å². The van der Waals surface area contributed by atoms with Crippen molar-refractivity contribution in [1.29, 1.82) is 0 Å². The van der Waals surface area contributed by atoms with Gasteiger partial charge in [0.25, 0.3) is 0 Å². The molecule has 5 heteroatoms. The summed E-state index contributed by atoms with van der Waals surface area (Å²) in [6.45, 7) is 28.3. The van der Waals surface area contributed by atoms with Crippen LogP contribution in [0.15, 0.2) is 0 Å². The molecule has 0 unspecified atom stereocenters. The SMILES string of the molecule is CC(C)(C)P([C]1[CH][CH][CH][CH]1)C(C)(C)C.CC(C)(C)P([C]1[CH][CH][CH][CH]1)C(C)(C)C.[Br-].[Fe+2].[Pd+2]. The summed E-state index contributed by atoms with van der Waals surface area (Å²) in [5.74, 6) is 0. The molecular formula is C26H44BrFeP2Pd+3. The van der Waals surface area contributed by atoms with Gasteiger partial charge in [-0.25, -0.2) is 0 Å². The third-order valence-corrected chi connectivity index (χ3v) is 11.5. The van der Waals surface area contributed by atoms with E-state index in [1.54, 1.807) is 11.3 Å². The zero-order chi connectivity index (χ0) is 22.0. The van der Waals surface area contributed by atoms with E-state index in [9.17, 15) is 0 Å². The molecule has 2 saturated carbocycles. The van der Waals surface area contributed by atoms with Crippen LogP contribution in [-0.2, 0) is 37.5 Å². The van der Waals surface area contributed by atoms with Crippen LogP contribution in [0.1, 0.15) is 83.1 Å². The van der Waals surface area contributed by atoms with Crippen LogP contribution in [0.25, 0.3) is 0 Å². The van der Waals surface area contributed by atoms with Crippen molar-refractivity contribution in [3.05, 3.63) is 62.7 Å². The minimum Gasteiger partial charge on any atom is -1.00 e. The molecule has 31 heavy (non-hydrogen) atoms. The van der Waals surface area contributed by atoms with Crippen molar-refractivity contribution in [2.24, 2.45) is 0 Å². The molecule has 180 valence electrons. The fraction of sp³-hybridized carbons (Fsp3) is 0.615. The summed E-state index contributed by atoms with van der Waals surface area (Å²) in [5, 5.41) is 1.56. The molecule has 0 atom stereocenters. The first kappa shape index (κ1) is 38.1. The summed E-state index contributed by atoms with van der Waals surface area (Å²) in [5.41, 5.74) is 3.08. The van der Waals surface area contributed by atoms with E-state index < -0.39 is 0 Å². The Balaban J connectivity index is -0.000000461. The van der Waals surface area contributed by atoms with Gasteiger partial charge in [0.2, 0.25) is 0 Å². The zero-order valence-corrected chi connectivity index (χ0v) is 27.6. The van der Waals surface area contributed by atoms with Gasteiger partial charge in [-0.3, -0.25) is 0 Å². The normalized spacial score (nSPS) is 18.8. The Bertz CT molecular complexity index is 388. The van der Waals surface area contributed by atoms with E-state index >= 15 is 0 Å². The quantitative estimate of drug-likeness (QED) is 0.258. The Morgan fingerprint density at radius 2 is 0.613 bits per heavy atom. The van der Waals surface area contributed by atoms with E-state index in [0.29, 0.717) is 20.6 Å². The molecule has 2 aliphatic carbocycles. The summed E-state index contributed by atoms with van der Waals surface area (Å²) < 4.78 is 0. The maximum Gasteiger partial charge on any atom is 2.00 e. The number of hydrogen-bond acceptors (Lipinski definition) is 0. The fourth-order valence-electron chi connectivity index (χ4n) is 4.59. The van der Waals surface area contributed by atoms with Gasteiger partial charge in [0.1, 0.15) is 0 Å². The monoisotopic (exact) mass is 659 g/mol. The van der Waals surface area contributed by atoms with E-state index in [4.69, 9.17) is 0 Å². The Morgan fingerprint density at radius 3 is 0.742 bits per heavy atom. The number of halogens is 1. The molecule has 0 spiro atoms. The van der Waals surface area contributed by atoms with Crippen molar-refractivity contribution in [3.8, 4) is 0 Å². The van der Waals surface area contributed by atoms with Gasteiger partial charge in [-0.15, -0.1) is 0 Å². The van der Waals surface area contributed by atoms with Crippen molar-refractivity contribution in [2.45, 2.75) is 104 Å². The Kier molecular flexibility index (Phi) is 18.3. The van der Waals surface area contributed by atoms with E-state index in [2.05, 4.69) is 134 Å². The van der Waals surface area contributed by atoms with E-state index in [0.717, 1.165) is 0 Å². The standard InChI is InChI=1S/2C13H22P.BrH.Fe.Pd/c2*1-12(2,3)14(13(4,5)6)11-9-7-8-10-11;;;/h2*7-10H,1-6H3;1H;;/q;;;2*+2/p-1. The summed E-state index contributed by atoms with van der Waals surface area (Å²) in [4.78, 5) is 0. The van der Waals surface area contributed by atoms with Gasteiger partial charge >= 0.3 is 37.5 Å². The molecule has 0 nitrogen and oxygen atoms in total. The predicted octanol–water partition coefficient (Wildman–Crippen LogP) is 5.86. The molecule has 0 N–H and O–H groups in total. The van der Waals surface area contributed by atoms with Crippen molar-refractivity contribution < 1.29 is 54.5 Å². The van der Waals surface area contributed by atoms with Crippen LogP contribution in [0.3, 0.4) is 0 Å². The first-order valence-corrected chi connectivity index (χ1v) is 13.2. The third kappa shape index (κ3) is 12.9. The van der Waals surface area contributed by atoms with Crippen LogP contribution in [0.5, 0.6) is 0 Å². The first-order valence-electron chi connectivity index (χ1n) is 10.5. The molecular weight excluding hydrogens is 616 g/mol. The van der Waals surface area contributed by atoms with Gasteiger partial charge in [0.05, 0.1) is 0 Å².